The van der Waals surface area contributed by atoms with E-state index in [0.29, 0.717) is 25.4 Å². The van der Waals surface area contributed by atoms with Crippen LogP contribution in [0.4, 0.5) is 0 Å². The molecule has 0 spiro atoms. The minimum atomic E-state index is -0.0570. The normalized spacial score (nSPS) is 10.9. The number of carbonyl (C=O) groups is 1. The van der Waals surface area contributed by atoms with E-state index in [9.17, 15) is 4.79 Å². The van der Waals surface area contributed by atoms with Gasteiger partial charge in [-0.2, -0.15) is 0 Å². The Bertz CT molecular complexity index is 822. The second kappa shape index (κ2) is 12.7. The van der Waals surface area contributed by atoms with Crippen LogP contribution >= 0.6 is 0 Å². The van der Waals surface area contributed by atoms with E-state index in [2.05, 4.69) is 13.8 Å². The molecule has 0 atom stereocenters. The second-order valence-electron chi connectivity index (χ2n) is 7.21. The lowest BCUT2D eigenvalue weighted by Gasteiger charge is -2.14. The highest BCUT2D eigenvalue weighted by molar-refractivity contribution is 6.07. The molecule has 2 aromatic rings. The van der Waals surface area contributed by atoms with Crippen molar-refractivity contribution >= 4 is 11.9 Å². The zero-order valence-corrected chi connectivity index (χ0v) is 18.7. The number of rotatable bonds is 13. The molecular formula is C26H34O4. The summed E-state index contributed by atoms with van der Waals surface area (Å²) < 4.78 is 17.4. The third kappa shape index (κ3) is 7.25. The maximum absolute atomic E-state index is 12.6. The van der Waals surface area contributed by atoms with Crippen LogP contribution in [0.5, 0.6) is 17.2 Å². The number of benzene rings is 2. The first kappa shape index (κ1) is 23.5. The van der Waals surface area contributed by atoms with Gasteiger partial charge in [-0.1, -0.05) is 26.7 Å². The molecular weight excluding hydrogens is 376 g/mol. The molecule has 4 heteroatoms. The number of allylic oxidation sites excluding steroid dienone is 1. The molecule has 2 aromatic carbocycles. The van der Waals surface area contributed by atoms with E-state index in [4.69, 9.17) is 14.2 Å². The summed E-state index contributed by atoms with van der Waals surface area (Å²) in [7, 11) is 0. The van der Waals surface area contributed by atoms with Gasteiger partial charge in [0.1, 0.15) is 17.2 Å². The average molecular weight is 411 g/mol. The molecule has 0 saturated carbocycles. The standard InChI is InChI=1S/C26H34O4/c1-5-8-16-29-25-19-26(30-17-9-6-2)22(18-20(25)4)12-15-24(27)21-10-13-23(14-11-21)28-7-3/h10-15,18-19H,5-9,16-17H2,1-4H3. The smallest absolute Gasteiger partial charge is 0.185 e. The van der Waals surface area contributed by atoms with Crippen LogP contribution in [0.2, 0.25) is 0 Å². The number of carbonyl (C=O) groups excluding carboxylic acids is 1. The minimum absolute atomic E-state index is 0.0570. The summed E-state index contributed by atoms with van der Waals surface area (Å²) in [6.45, 7) is 10.2. The second-order valence-corrected chi connectivity index (χ2v) is 7.21. The van der Waals surface area contributed by atoms with Crippen LogP contribution in [0.15, 0.2) is 42.5 Å². The number of unbranched alkanes of at least 4 members (excludes halogenated alkanes) is 2. The van der Waals surface area contributed by atoms with Gasteiger partial charge >= 0.3 is 0 Å². The summed E-state index contributed by atoms with van der Waals surface area (Å²) in [5.74, 6) is 2.29. The van der Waals surface area contributed by atoms with Crippen molar-refractivity contribution in [2.75, 3.05) is 19.8 Å². The molecule has 30 heavy (non-hydrogen) atoms. The summed E-state index contributed by atoms with van der Waals surface area (Å²) in [6, 6.07) is 11.2. The van der Waals surface area contributed by atoms with Gasteiger partial charge in [0, 0.05) is 17.2 Å². The van der Waals surface area contributed by atoms with E-state index in [1.165, 1.54) is 0 Å². The third-order valence-corrected chi connectivity index (χ3v) is 4.68. The number of hydrogen-bond acceptors (Lipinski definition) is 4. The van der Waals surface area contributed by atoms with E-state index in [-0.39, 0.29) is 5.78 Å². The molecule has 0 aromatic heterocycles. The first-order chi connectivity index (χ1) is 14.6. The van der Waals surface area contributed by atoms with Gasteiger partial charge in [-0.15, -0.1) is 0 Å². The topological polar surface area (TPSA) is 44.8 Å². The van der Waals surface area contributed by atoms with Gasteiger partial charge in [0.05, 0.1) is 19.8 Å². The van der Waals surface area contributed by atoms with Crippen molar-refractivity contribution in [1.29, 1.82) is 0 Å². The van der Waals surface area contributed by atoms with Crippen molar-refractivity contribution in [2.45, 2.75) is 53.4 Å². The van der Waals surface area contributed by atoms with Gasteiger partial charge in [-0.05, 0) is 74.7 Å². The average Bonchev–Trinajstić information content (AvgIpc) is 2.75. The third-order valence-electron chi connectivity index (χ3n) is 4.68. The molecule has 2 rings (SSSR count). The fraction of sp³-hybridized carbons (Fsp3) is 0.423. The van der Waals surface area contributed by atoms with E-state index < -0.39 is 0 Å². The molecule has 0 amide bonds. The highest BCUT2D eigenvalue weighted by atomic mass is 16.5. The fourth-order valence-corrected chi connectivity index (χ4v) is 2.90. The van der Waals surface area contributed by atoms with Gasteiger partial charge in [0.15, 0.2) is 5.78 Å². The Morgan fingerprint density at radius 1 is 0.867 bits per heavy atom. The Balaban J connectivity index is 2.19. The first-order valence-electron chi connectivity index (χ1n) is 10.9. The van der Waals surface area contributed by atoms with Gasteiger partial charge in [0.25, 0.3) is 0 Å². The molecule has 0 aliphatic carbocycles. The van der Waals surface area contributed by atoms with Gasteiger partial charge in [-0.3, -0.25) is 4.79 Å². The fourth-order valence-electron chi connectivity index (χ4n) is 2.90. The molecule has 0 bridgehead atoms. The largest absolute Gasteiger partial charge is 0.494 e. The molecule has 0 saturated heterocycles. The lowest BCUT2D eigenvalue weighted by Crippen LogP contribution is -2.02. The van der Waals surface area contributed by atoms with Crippen LogP contribution in [-0.2, 0) is 0 Å². The van der Waals surface area contributed by atoms with E-state index in [0.717, 1.165) is 54.1 Å². The Kier molecular flexibility index (Phi) is 9.99. The Morgan fingerprint density at radius 3 is 2.10 bits per heavy atom. The molecule has 0 N–H and O–H groups in total. The lowest BCUT2D eigenvalue weighted by atomic mass is 10.1. The van der Waals surface area contributed by atoms with Crippen LogP contribution in [-0.4, -0.2) is 25.6 Å². The maximum atomic E-state index is 12.6. The Morgan fingerprint density at radius 2 is 1.50 bits per heavy atom. The van der Waals surface area contributed by atoms with Gasteiger partial charge < -0.3 is 14.2 Å². The van der Waals surface area contributed by atoms with Crippen LogP contribution < -0.4 is 14.2 Å². The molecule has 0 heterocycles. The van der Waals surface area contributed by atoms with Gasteiger partial charge in [0.2, 0.25) is 0 Å². The molecule has 0 aliphatic rings. The summed E-state index contributed by atoms with van der Waals surface area (Å²) in [5.41, 5.74) is 2.53. The number of hydrogen-bond donors (Lipinski definition) is 0. The highest BCUT2D eigenvalue weighted by Crippen LogP contribution is 2.30. The Hall–Kier alpha value is -2.75. The predicted octanol–water partition coefficient (Wildman–Crippen LogP) is 6.65. The minimum Gasteiger partial charge on any atom is -0.494 e. The van der Waals surface area contributed by atoms with E-state index in [1.807, 2.05) is 44.2 Å². The predicted molar refractivity (Wildman–Crippen MR) is 123 cm³/mol. The SMILES string of the molecule is CCCCOc1cc(OCCCC)c(C=CC(=O)c2ccc(OCC)cc2)cc1C. The van der Waals surface area contributed by atoms with Crippen LogP contribution in [0.25, 0.3) is 6.08 Å². The van der Waals surface area contributed by atoms with Crippen molar-refractivity contribution < 1.29 is 19.0 Å². The lowest BCUT2D eigenvalue weighted by molar-refractivity contribution is 0.104. The summed E-state index contributed by atoms with van der Waals surface area (Å²) in [6.07, 6.45) is 7.57. The summed E-state index contributed by atoms with van der Waals surface area (Å²) in [4.78, 5) is 12.6. The van der Waals surface area contributed by atoms with Crippen molar-refractivity contribution in [3.8, 4) is 17.2 Å². The summed E-state index contributed by atoms with van der Waals surface area (Å²) >= 11 is 0. The van der Waals surface area contributed by atoms with Gasteiger partial charge in [-0.25, -0.2) is 0 Å². The Labute approximate surface area is 180 Å². The molecule has 0 fully saturated rings. The van der Waals surface area contributed by atoms with Crippen molar-refractivity contribution in [2.24, 2.45) is 0 Å². The zero-order chi connectivity index (χ0) is 21.8. The van der Waals surface area contributed by atoms with Crippen LogP contribution in [0, 0.1) is 6.92 Å². The number of aryl methyl sites for hydroxylation is 1. The maximum Gasteiger partial charge on any atom is 0.185 e. The van der Waals surface area contributed by atoms with Crippen LogP contribution in [0.1, 0.15) is 67.9 Å². The monoisotopic (exact) mass is 410 g/mol. The molecule has 0 radical (unpaired) electrons. The summed E-state index contributed by atoms with van der Waals surface area (Å²) in [5, 5.41) is 0. The zero-order valence-electron chi connectivity index (χ0n) is 18.7. The highest BCUT2D eigenvalue weighted by Gasteiger charge is 2.10. The quantitative estimate of drug-likeness (QED) is 0.211. The molecule has 4 nitrogen and oxygen atoms in total. The molecule has 0 unspecified atom stereocenters. The number of ether oxygens (including phenoxy) is 3. The van der Waals surface area contributed by atoms with Crippen molar-refractivity contribution in [3.63, 3.8) is 0 Å². The first-order valence-corrected chi connectivity index (χ1v) is 10.9. The van der Waals surface area contributed by atoms with E-state index in [1.54, 1.807) is 18.2 Å². The number of ketones is 1. The van der Waals surface area contributed by atoms with Crippen LogP contribution in [0.3, 0.4) is 0 Å². The van der Waals surface area contributed by atoms with Crippen molar-refractivity contribution in [3.05, 3.63) is 59.2 Å². The van der Waals surface area contributed by atoms with E-state index >= 15 is 0 Å². The molecule has 0 aliphatic heterocycles. The molecule has 162 valence electrons. The van der Waals surface area contributed by atoms with Crippen molar-refractivity contribution in [1.82, 2.24) is 0 Å².